The van der Waals surface area contributed by atoms with Crippen molar-refractivity contribution in [2.24, 2.45) is 0 Å². The van der Waals surface area contributed by atoms with E-state index < -0.39 is 0 Å². The lowest BCUT2D eigenvalue weighted by Gasteiger charge is -2.13. The fraction of sp³-hybridized carbons (Fsp3) is 0.158. The zero-order valence-electron chi connectivity index (χ0n) is 15.3. The number of para-hydroxylation sites is 1. The summed E-state index contributed by atoms with van der Waals surface area (Å²) in [6.07, 6.45) is 1.63. The van der Waals surface area contributed by atoms with Crippen molar-refractivity contribution in [1.29, 1.82) is 0 Å². The van der Waals surface area contributed by atoms with E-state index in [4.69, 9.17) is 4.74 Å². The van der Waals surface area contributed by atoms with Crippen LogP contribution in [0.4, 0.5) is 5.13 Å². The van der Waals surface area contributed by atoms with Gasteiger partial charge < -0.3 is 4.74 Å². The van der Waals surface area contributed by atoms with Crippen molar-refractivity contribution in [2.75, 3.05) is 24.8 Å². The number of amides is 1. The van der Waals surface area contributed by atoms with Crippen LogP contribution in [0.25, 0.3) is 15.9 Å². The number of aromatic nitrogens is 4. The molecule has 0 fully saturated rings. The summed E-state index contributed by atoms with van der Waals surface area (Å²) in [7, 11) is 3.37. The van der Waals surface area contributed by atoms with Crippen LogP contribution in [-0.2, 0) is 4.79 Å². The molecule has 0 radical (unpaired) electrons. The number of rotatable bonds is 6. The average molecular weight is 412 g/mol. The van der Waals surface area contributed by atoms with Crippen LogP contribution in [0.5, 0.6) is 5.75 Å². The van der Waals surface area contributed by atoms with E-state index in [9.17, 15) is 4.79 Å². The maximum absolute atomic E-state index is 12.6. The summed E-state index contributed by atoms with van der Waals surface area (Å²) in [5.74, 6) is 0.966. The molecule has 0 bridgehead atoms. The Morgan fingerprint density at radius 2 is 2.00 bits per heavy atom. The average Bonchev–Trinajstić information content (AvgIpc) is 3.38. The predicted octanol–water partition coefficient (Wildman–Crippen LogP) is 3.64. The van der Waals surface area contributed by atoms with Gasteiger partial charge in [-0.1, -0.05) is 35.2 Å². The first-order chi connectivity index (χ1) is 13.7. The Hall–Kier alpha value is -2.91. The van der Waals surface area contributed by atoms with Crippen LogP contribution in [0.15, 0.2) is 60.0 Å². The van der Waals surface area contributed by atoms with Gasteiger partial charge in [-0.2, -0.15) is 0 Å². The van der Waals surface area contributed by atoms with E-state index in [1.165, 1.54) is 23.1 Å². The Kier molecular flexibility index (Phi) is 5.27. The smallest absolute Gasteiger partial charge is 0.238 e. The second-order valence-corrected chi connectivity index (χ2v) is 7.84. The first kappa shape index (κ1) is 18.5. The molecule has 0 saturated heterocycles. The van der Waals surface area contributed by atoms with Crippen molar-refractivity contribution in [3.05, 3.63) is 54.9 Å². The molecule has 0 saturated carbocycles. The predicted molar refractivity (Wildman–Crippen MR) is 112 cm³/mol. The Balaban J connectivity index is 1.45. The minimum atomic E-state index is -0.0478. The number of thioether (sulfide) groups is 1. The van der Waals surface area contributed by atoms with Gasteiger partial charge in [0.05, 0.1) is 23.1 Å². The molecule has 7 nitrogen and oxygen atoms in total. The van der Waals surface area contributed by atoms with E-state index in [1.807, 2.05) is 53.1 Å². The fourth-order valence-electron chi connectivity index (χ4n) is 2.58. The van der Waals surface area contributed by atoms with Crippen LogP contribution in [0.3, 0.4) is 0 Å². The number of benzene rings is 2. The second-order valence-electron chi connectivity index (χ2n) is 5.89. The molecule has 2 aromatic carbocycles. The molecule has 2 heterocycles. The van der Waals surface area contributed by atoms with Crippen LogP contribution >= 0.6 is 23.1 Å². The molecule has 0 aliphatic carbocycles. The lowest BCUT2D eigenvalue weighted by molar-refractivity contribution is -0.115. The molecule has 0 atom stereocenters. The van der Waals surface area contributed by atoms with Gasteiger partial charge in [-0.15, -0.1) is 10.2 Å². The number of methoxy groups -OCH3 is 1. The van der Waals surface area contributed by atoms with Crippen molar-refractivity contribution in [2.45, 2.75) is 5.16 Å². The SMILES string of the molecule is COc1ccc(-n2cnnc2SCC(=O)N(C)c2nc3ccccc3s2)cc1. The largest absolute Gasteiger partial charge is 0.497 e. The monoisotopic (exact) mass is 411 g/mol. The van der Waals surface area contributed by atoms with Gasteiger partial charge in [0.1, 0.15) is 12.1 Å². The Morgan fingerprint density at radius 3 is 2.75 bits per heavy atom. The minimum absolute atomic E-state index is 0.0478. The van der Waals surface area contributed by atoms with Crippen molar-refractivity contribution in [3.8, 4) is 11.4 Å². The molecule has 142 valence electrons. The third-order valence-electron chi connectivity index (χ3n) is 4.14. The van der Waals surface area contributed by atoms with Crippen LogP contribution in [0.2, 0.25) is 0 Å². The number of nitrogens with zero attached hydrogens (tertiary/aromatic N) is 5. The highest BCUT2D eigenvalue weighted by Crippen LogP contribution is 2.29. The molecule has 4 rings (SSSR count). The summed E-state index contributed by atoms with van der Waals surface area (Å²) < 4.78 is 8.09. The van der Waals surface area contributed by atoms with Gasteiger partial charge in [-0.05, 0) is 36.4 Å². The number of hydrogen-bond donors (Lipinski definition) is 0. The molecular formula is C19H17N5O2S2. The number of fused-ring (bicyclic) bond motifs is 1. The maximum Gasteiger partial charge on any atom is 0.238 e. The highest BCUT2D eigenvalue weighted by Gasteiger charge is 2.17. The van der Waals surface area contributed by atoms with Gasteiger partial charge in [0.15, 0.2) is 10.3 Å². The fourth-order valence-corrected chi connectivity index (χ4v) is 4.36. The number of carbonyl (C=O) groups is 1. The van der Waals surface area contributed by atoms with Crippen molar-refractivity contribution in [3.63, 3.8) is 0 Å². The van der Waals surface area contributed by atoms with Crippen LogP contribution < -0.4 is 9.64 Å². The quantitative estimate of drug-likeness (QED) is 0.451. The summed E-state index contributed by atoms with van der Waals surface area (Å²) in [5, 5.41) is 9.44. The van der Waals surface area contributed by atoms with Gasteiger partial charge >= 0.3 is 0 Å². The maximum atomic E-state index is 12.6. The second kappa shape index (κ2) is 7.99. The van der Waals surface area contributed by atoms with Crippen LogP contribution in [0, 0.1) is 0 Å². The third kappa shape index (κ3) is 3.71. The van der Waals surface area contributed by atoms with Crippen LogP contribution in [-0.4, -0.2) is 45.6 Å². The zero-order valence-corrected chi connectivity index (χ0v) is 16.9. The molecule has 28 heavy (non-hydrogen) atoms. The summed E-state index contributed by atoms with van der Waals surface area (Å²) in [6, 6.07) is 15.4. The molecule has 0 aliphatic heterocycles. The standard InChI is InChI=1S/C19H17N5O2S2/c1-23(18-21-15-5-3-4-6-16(15)28-18)17(25)11-27-19-22-20-12-24(19)13-7-9-14(26-2)10-8-13/h3-10,12H,11H2,1-2H3. The normalized spacial score (nSPS) is 10.9. The molecule has 4 aromatic rings. The summed E-state index contributed by atoms with van der Waals surface area (Å²) in [5.41, 5.74) is 1.80. The van der Waals surface area contributed by atoms with Crippen LogP contribution in [0.1, 0.15) is 0 Å². The lowest BCUT2D eigenvalue weighted by atomic mass is 10.3. The van der Waals surface area contributed by atoms with Gasteiger partial charge in [0, 0.05) is 12.7 Å². The summed E-state index contributed by atoms with van der Waals surface area (Å²) in [4.78, 5) is 18.8. The third-order valence-corrected chi connectivity index (χ3v) is 6.18. The molecule has 9 heteroatoms. The lowest BCUT2D eigenvalue weighted by Crippen LogP contribution is -2.27. The highest BCUT2D eigenvalue weighted by atomic mass is 32.2. The van der Waals surface area contributed by atoms with E-state index in [0.717, 1.165) is 21.7 Å². The van der Waals surface area contributed by atoms with E-state index in [-0.39, 0.29) is 11.7 Å². The zero-order chi connectivity index (χ0) is 19.5. The van der Waals surface area contributed by atoms with E-state index in [2.05, 4.69) is 15.2 Å². The number of hydrogen-bond acceptors (Lipinski definition) is 7. The number of anilines is 1. The molecule has 0 unspecified atom stereocenters. The molecular weight excluding hydrogens is 394 g/mol. The van der Waals surface area contributed by atoms with Crippen molar-refractivity contribution in [1.82, 2.24) is 19.7 Å². The van der Waals surface area contributed by atoms with Gasteiger partial charge in [-0.3, -0.25) is 14.3 Å². The highest BCUT2D eigenvalue weighted by molar-refractivity contribution is 7.99. The number of ether oxygens (including phenoxy) is 1. The van der Waals surface area contributed by atoms with Gasteiger partial charge in [0.25, 0.3) is 0 Å². The molecule has 0 spiro atoms. The number of thiazole rings is 1. The van der Waals surface area contributed by atoms with Crippen molar-refractivity contribution < 1.29 is 9.53 Å². The van der Waals surface area contributed by atoms with E-state index >= 15 is 0 Å². The Bertz CT molecular complexity index is 1070. The first-order valence-corrected chi connectivity index (χ1v) is 10.3. The van der Waals surface area contributed by atoms with Gasteiger partial charge in [-0.25, -0.2) is 4.98 Å². The number of carbonyl (C=O) groups excluding carboxylic acids is 1. The topological polar surface area (TPSA) is 73.1 Å². The Morgan fingerprint density at radius 1 is 1.21 bits per heavy atom. The van der Waals surface area contributed by atoms with Crippen molar-refractivity contribution >= 4 is 44.4 Å². The van der Waals surface area contributed by atoms with E-state index in [1.54, 1.807) is 25.4 Å². The van der Waals surface area contributed by atoms with E-state index in [0.29, 0.717) is 10.3 Å². The Labute approximate surface area is 170 Å². The van der Waals surface area contributed by atoms with Gasteiger partial charge in [0.2, 0.25) is 5.91 Å². The molecule has 2 aromatic heterocycles. The minimum Gasteiger partial charge on any atom is -0.497 e. The summed E-state index contributed by atoms with van der Waals surface area (Å²) >= 11 is 2.84. The summed E-state index contributed by atoms with van der Waals surface area (Å²) in [6.45, 7) is 0. The first-order valence-electron chi connectivity index (χ1n) is 8.45. The molecule has 0 aliphatic rings. The molecule has 0 N–H and O–H groups in total. The molecule has 1 amide bonds.